The van der Waals surface area contributed by atoms with Gasteiger partial charge in [-0.3, -0.25) is 9.59 Å². The molecule has 0 saturated heterocycles. The van der Waals surface area contributed by atoms with Crippen LogP contribution >= 0.6 is 11.3 Å². The second kappa shape index (κ2) is 9.19. The maximum Gasteiger partial charge on any atom is 0.253 e. The Hall–Kier alpha value is -3.72. The summed E-state index contributed by atoms with van der Waals surface area (Å²) in [6.07, 6.45) is 1.99. The summed E-state index contributed by atoms with van der Waals surface area (Å²) in [4.78, 5) is 30.1. The van der Waals surface area contributed by atoms with E-state index in [0.29, 0.717) is 35.1 Å². The number of amides is 2. The molecule has 0 aliphatic carbocycles. The summed E-state index contributed by atoms with van der Waals surface area (Å²) in [7, 11) is 0. The van der Waals surface area contributed by atoms with E-state index in [1.54, 1.807) is 42.7 Å². The van der Waals surface area contributed by atoms with Gasteiger partial charge in [0.15, 0.2) is 0 Å². The Morgan fingerprint density at radius 2 is 1.97 bits per heavy atom. The number of benzene rings is 1. The highest BCUT2D eigenvalue weighted by molar-refractivity contribution is 7.13. The van der Waals surface area contributed by atoms with Gasteiger partial charge in [-0.25, -0.2) is 0 Å². The summed E-state index contributed by atoms with van der Waals surface area (Å²) < 4.78 is 10.4. The van der Waals surface area contributed by atoms with E-state index in [0.717, 1.165) is 4.88 Å². The SMILES string of the molecule is O=C(CCc1nc(-c2cccs2)no1)Nc1ccccc1C(=O)NCc1ccco1. The molecule has 0 radical (unpaired) electrons. The molecule has 0 bridgehead atoms. The van der Waals surface area contributed by atoms with E-state index in [1.807, 2.05) is 17.5 Å². The topological polar surface area (TPSA) is 110 Å². The van der Waals surface area contributed by atoms with Crippen molar-refractivity contribution in [2.24, 2.45) is 0 Å². The Kier molecular flexibility index (Phi) is 6.00. The number of hydrogen-bond donors (Lipinski definition) is 2. The van der Waals surface area contributed by atoms with Gasteiger partial charge in [-0.1, -0.05) is 23.4 Å². The minimum Gasteiger partial charge on any atom is -0.467 e. The van der Waals surface area contributed by atoms with Crippen molar-refractivity contribution in [2.45, 2.75) is 19.4 Å². The molecule has 0 aliphatic rings. The number of furan rings is 1. The number of para-hydroxylation sites is 1. The summed E-state index contributed by atoms with van der Waals surface area (Å²) in [6.45, 7) is 0.262. The Balaban J connectivity index is 1.33. The zero-order chi connectivity index (χ0) is 20.8. The number of hydrogen-bond acceptors (Lipinski definition) is 7. The Morgan fingerprint density at radius 1 is 1.07 bits per heavy atom. The summed E-state index contributed by atoms with van der Waals surface area (Å²) in [6, 6.07) is 14.2. The minimum atomic E-state index is -0.306. The van der Waals surface area contributed by atoms with Crippen LogP contribution in [0.15, 0.2) is 69.1 Å². The maximum absolute atomic E-state index is 12.5. The van der Waals surface area contributed by atoms with Crippen molar-refractivity contribution in [3.05, 3.63) is 77.4 Å². The second-order valence-electron chi connectivity index (χ2n) is 6.34. The minimum absolute atomic E-state index is 0.147. The molecule has 4 rings (SSSR count). The van der Waals surface area contributed by atoms with Crippen LogP contribution in [0.1, 0.15) is 28.4 Å². The van der Waals surface area contributed by atoms with Crippen molar-refractivity contribution in [1.82, 2.24) is 15.5 Å². The molecule has 30 heavy (non-hydrogen) atoms. The van der Waals surface area contributed by atoms with Gasteiger partial charge in [-0.15, -0.1) is 11.3 Å². The Bertz CT molecular complexity index is 1120. The van der Waals surface area contributed by atoms with Gasteiger partial charge in [0.25, 0.3) is 5.91 Å². The van der Waals surface area contributed by atoms with E-state index >= 15 is 0 Å². The lowest BCUT2D eigenvalue weighted by atomic mass is 10.1. The van der Waals surface area contributed by atoms with Crippen molar-refractivity contribution in [1.29, 1.82) is 0 Å². The normalized spacial score (nSPS) is 10.7. The molecule has 0 aliphatic heterocycles. The zero-order valence-corrected chi connectivity index (χ0v) is 16.6. The average Bonchev–Trinajstić information content (AvgIpc) is 3.53. The van der Waals surface area contributed by atoms with Gasteiger partial charge in [-0.05, 0) is 35.7 Å². The number of nitrogens with zero attached hydrogens (tertiary/aromatic N) is 2. The first-order chi connectivity index (χ1) is 14.7. The monoisotopic (exact) mass is 422 g/mol. The standard InChI is InChI=1S/C21H18N4O4S/c26-18(9-10-19-24-20(25-29-19)17-8-4-12-30-17)23-16-7-2-1-6-15(16)21(27)22-13-14-5-3-11-28-14/h1-8,11-12H,9-10,13H2,(H,22,27)(H,23,26). The van der Waals surface area contributed by atoms with Crippen molar-refractivity contribution in [3.63, 3.8) is 0 Å². The second-order valence-corrected chi connectivity index (χ2v) is 7.29. The number of carbonyl (C=O) groups excluding carboxylic acids is 2. The van der Waals surface area contributed by atoms with Gasteiger partial charge < -0.3 is 19.6 Å². The van der Waals surface area contributed by atoms with Crippen molar-refractivity contribution in [2.75, 3.05) is 5.32 Å². The quantitative estimate of drug-likeness (QED) is 0.446. The molecule has 9 heteroatoms. The van der Waals surface area contributed by atoms with Crippen molar-refractivity contribution < 1.29 is 18.5 Å². The highest BCUT2D eigenvalue weighted by atomic mass is 32.1. The van der Waals surface area contributed by atoms with Crippen LogP contribution in [0.2, 0.25) is 0 Å². The number of rotatable bonds is 8. The predicted octanol–water partition coefficient (Wildman–Crippen LogP) is 3.89. The van der Waals surface area contributed by atoms with Gasteiger partial charge in [0, 0.05) is 12.8 Å². The molecule has 0 spiro atoms. The molecule has 2 N–H and O–H groups in total. The largest absolute Gasteiger partial charge is 0.467 e. The molecule has 0 atom stereocenters. The van der Waals surface area contributed by atoms with E-state index in [9.17, 15) is 9.59 Å². The van der Waals surface area contributed by atoms with Crippen LogP contribution in [0.4, 0.5) is 5.69 Å². The van der Waals surface area contributed by atoms with Gasteiger partial charge in [0.1, 0.15) is 5.76 Å². The van der Waals surface area contributed by atoms with Crippen LogP contribution in [-0.2, 0) is 17.8 Å². The Morgan fingerprint density at radius 3 is 2.77 bits per heavy atom. The Labute approximate surface area is 175 Å². The molecule has 8 nitrogen and oxygen atoms in total. The predicted molar refractivity (Wildman–Crippen MR) is 111 cm³/mol. The molecule has 152 valence electrons. The van der Waals surface area contributed by atoms with Gasteiger partial charge >= 0.3 is 0 Å². The molecular weight excluding hydrogens is 404 g/mol. The highest BCUT2D eigenvalue weighted by Gasteiger charge is 2.15. The van der Waals surface area contributed by atoms with Gasteiger partial charge in [0.05, 0.1) is 28.9 Å². The number of aromatic nitrogens is 2. The van der Waals surface area contributed by atoms with Crippen LogP contribution in [0.5, 0.6) is 0 Å². The molecule has 0 unspecified atom stereocenters. The third-order valence-electron chi connectivity index (χ3n) is 4.22. The number of anilines is 1. The lowest BCUT2D eigenvalue weighted by Gasteiger charge is -2.10. The molecule has 0 saturated carbocycles. The fourth-order valence-corrected chi connectivity index (χ4v) is 3.41. The number of thiophene rings is 1. The van der Waals surface area contributed by atoms with Crippen LogP contribution in [0.3, 0.4) is 0 Å². The third kappa shape index (κ3) is 4.81. The number of nitrogens with one attached hydrogen (secondary N) is 2. The first kappa shape index (κ1) is 19.6. The fourth-order valence-electron chi connectivity index (χ4n) is 2.76. The smallest absolute Gasteiger partial charge is 0.253 e. The molecule has 3 heterocycles. The molecule has 4 aromatic rings. The number of aryl methyl sites for hydroxylation is 1. The molecule has 1 aromatic carbocycles. The first-order valence-electron chi connectivity index (χ1n) is 9.25. The fraction of sp³-hybridized carbons (Fsp3) is 0.143. The number of carbonyl (C=O) groups is 2. The first-order valence-corrected chi connectivity index (χ1v) is 10.1. The molecule has 3 aromatic heterocycles. The zero-order valence-electron chi connectivity index (χ0n) is 15.8. The van der Waals surface area contributed by atoms with Gasteiger partial charge in [0.2, 0.25) is 17.6 Å². The lowest BCUT2D eigenvalue weighted by molar-refractivity contribution is -0.116. The van der Waals surface area contributed by atoms with E-state index in [4.69, 9.17) is 8.94 Å². The summed E-state index contributed by atoms with van der Waals surface area (Å²) in [5.41, 5.74) is 0.805. The van der Waals surface area contributed by atoms with Crippen LogP contribution in [-0.4, -0.2) is 22.0 Å². The van der Waals surface area contributed by atoms with E-state index in [-0.39, 0.29) is 24.8 Å². The maximum atomic E-state index is 12.5. The lowest BCUT2D eigenvalue weighted by Crippen LogP contribution is -2.24. The van der Waals surface area contributed by atoms with Gasteiger partial charge in [-0.2, -0.15) is 4.98 Å². The van der Waals surface area contributed by atoms with E-state index in [1.165, 1.54) is 11.3 Å². The average molecular weight is 422 g/mol. The van der Waals surface area contributed by atoms with Crippen molar-refractivity contribution >= 4 is 28.8 Å². The van der Waals surface area contributed by atoms with Crippen LogP contribution in [0.25, 0.3) is 10.7 Å². The molecule has 0 fully saturated rings. The van der Waals surface area contributed by atoms with Crippen LogP contribution in [0, 0.1) is 0 Å². The summed E-state index contributed by atoms with van der Waals surface area (Å²) >= 11 is 1.51. The molecular formula is C21H18N4O4S. The van der Waals surface area contributed by atoms with E-state index in [2.05, 4.69) is 20.8 Å². The van der Waals surface area contributed by atoms with Crippen molar-refractivity contribution in [3.8, 4) is 10.7 Å². The third-order valence-corrected chi connectivity index (χ3v) is 5.09. The summed E-state index contributed by atoms with van der Waals surface area (Å²) in [5, 5.41) is 11.4. The highest BCUT2D eigenvalue weighted by Crippen LogP contribution is 2.22. The van der Waals surface area contributed by atoms with Crippen LogP contribution < -0.4 is 10.6 Å². The molecule has 2 amide bonds. The summed E-state index contributed by atoms with van der Waals surface area (Å²) in [5.74, 6) is 0.986. The van der Waals surface area contributed by atoms with E-state index < -0.39 is 0 Å².